The molecule has 0 aromatic heterocycles. The van der Waals surface area contributed by atoms with Crippen molar-refractivity contribution in [3.05, 3.63) is 29.3 Å². The van der Waals surface area contributed by atoms with Crippen LogP contribution in [0, 0.1) is 0 Å². The largest absolute Gasteiger partial charge is 0.326 e. The van der Waals surface area contributed by atoms with Crippen LogP contribution in [0.25, 0.3) is 0 Å². The SMILES string of the molecule is CC(=O)Nc1ccc(C(C)=O)cc1CN1CCCC1. The summed E-state index contributed by atoms with van der Waals surface area (Å²) in [6.07, 6.45) is 2.45. The number of carbonyl (C=O) groups excluding carboxylic acids is 2. The van der Waals surface area contributed by atoms with Gasteiger partial charge in [-0.15, -0.1) is 0 Å². The molecule has 4 nitrogen and oxygen atoms in total. The molecule has 0 aliphatic carbocycles. The van der Waals surface area contributed by atoms with Crippen LogP contribution in [-0.2, 0) is 11.3 Å². The summed E-state index contributed by atoms with van der Waals surface area (Å²) in [5.74, 6) is -0.0321. The molecule has 1 aliphatic rings. The molecule has 1 saturated heterocycles. The maximum Gasteiger partial charge on any atom is 0.221 e. The zero-order chi connectivity index (χ0) is 13.8. The number of carbonyl (C=O) groups is 2. The molecule has 1 fully saturated rings. The van der Waals surface area contributed by atoms with Crippen LogP contribution in [0.4, 0.5) is 5.69 Å². The summed E-state index contributed by atoms with van der Waals surface area (Å²) in [4.78, 5) is 25.0. The van der Waals surface area contributed by atoms with Crippen molar-refractivity contribution in [3.8, 4) is 0 Å². The minimum absolute atomic E-state index is 0.0528. The van der Waals surface area contributed by atoms with Crippen molar-refractivity contribution < 1.29 is 9.59 Å². The molecule has 0 bridgehead atoms. The highest BCUT2D eigenvalue weighted by atomic mass is 16.1. The van der Waals surface area contributed by atoms with Gasteiger partial charge in [0.1, 0.15) is 0 Å². The number of benzene rings is 1. The fourth-order valence-corrected chi connectivity index (χ4v) is 2.44. The Hall–Kier alpha value is -1.68. The number of amides is 1. The van der Waals surface area contributed by atoms with Gasteiger partial charge in [-0.25, -0.2) is 0 Å². The molecule has 102 valence electrons. The minimum atomic E-state index is -0.0850. The van der Waals surface area contributed by atoms with Gasteiger partial charge >= 0.3 is 0 Å². The Bertz CT molecular complexity index is 491. The standard InChI is InChI=1S/C15H20N2O2/c1-11(18)13-5-6-15(16-12(2)19)14(9-13)10-17-7-3-4-8-17/h5-6,9H,3-4,7-8,10H2,1-2H3,(H,16,19). The molecule has 0 spiro atoms. The van der Waals surface area contributed by atoms with E-state index in [0.717, 1.165) is 30.9 Å². The molecule has 1 amide bonds. The zero-order valence-electron chi connectivity index (χ0n) is 11.5. The Kier molecular flexibility index (Phi) is 4.32. The van der Waals surface area contributed by atoms with Gasteiger partial charge in [-0.3, -0.25) is 14.5 Å². The second kappa shape index (κ2) is 5.97. The van der Waals surface area contributed by atoms with Gasteiger partial charge in [-0.05, 0) is 56.6 Å². The molecular formula is C15H20N2O2. The molecule has 2 rings (SSSR count). The normalized spacial score (nSPS) is 15.5. The number of hydrogen-bond acceptors (Lipinski definition) is 3. The molecule has 1 heterocycles. The van der Waals surface area contributed by atoms with Gasteiger partial charge in [0.15, 0.2) is 5.78 Å². The summed E-state index contributed by atoms with van der Waals surface area (Å²) in [5, 5.41) is 2.84. The van der Waals surface area contributed by atoms with Gasteiger partial charge in [-0.2, -0.15) is 0 Å². The van der Waals surface area contributed by atoms with E-state index in [1.54, 1.807) is 13.0 Å². The first-order valence-electron chi connectivity index (χ1n) is 6.70. The predicted molar refractivity (Wildman–Crippen MR) is 75.3 cm³/mol. The van der Waals surface area contributed by atoms with Gasteiger partial charge in [0.25, 0.3) is 0 Å². The summed E-state index contributed by atoms with van der Waals surface area (Å²) in [6.45, 7) is 6.02. The Morgan fingerprint density at radius 3 is 2.47 bits per heavy atom. The van der Waals surface area contributed by atoms with Crippen LogP contribution < -0.4 is 5.32 Å². The van der Waals surface area contributed by atoms with Crippen LogP contribution in [0.1, 0.15) is 42.6 Å². The molecule has 0 saturated carbocycles. The molecule has 1 aliphatic heterocycles. The molecular weight excluding hydrogens is 240 g/mol. The number of anilines is 1. The lowest BCUT2D eigenvalue weighted by atomic mass is 10.1. The minimum Gasteiger partial charge on any atom is -0.326 e. The second-order valence-electron chi connectivity index (χ2n) is 5.09. The van der Waals surface area contributed by atoms with Crippen molar-refractivity contribution in [2.45, 2.75) is 33.2 Å². The fraction of sp³-hybridized carbons (Fsp3) is 0.467. The van der Waals surface area contributed by atoms with Gasteiger partial charge in [0, 0.05) is 24.7 Å². The quantitative estimate of drug-likeness (QED) is 0.846. The van der Waals surface area contributed by atoms with Crippen LogP contribution in [0.2, 0.25) is 0 Å². The predicted octanol–water partition coefficient (Wildman–Crippen LogP) is 2.44. The van der Waals surface area contributed by atoms with E-state index in [9.17, 15) is 9.59 Å². The zero-order valence-corrected chi connectivity index (χ0v) is 11.5. The molecule has 0 radical (unpaired) electrons. The number of hydrogen-bond donors (Lipinski definition) is 1. The van der Waals surface area contributed by atoms with E-state index < -0.39 is 0 Å². The Morgan fingerprint density at radius 1 is 1.21 bits per heavy atom. The first-order chi connectivity index (χ1) is 9.06. The van der Waals surface area contributed by atoms with E-state index >= 15 is 0 Å². The molecule has 4 heteroatoms. The van der Waals surface area contributed by atoms with E-state index in [1.165, 1.54) is 19.8 Å². The molecule has 1 N–H and O–H groups in total. The van der Waals surface area contributed by atoms with Crippen molar-refractivity contribution in [1.29, 1.82) is 0 Å². The third kappa shape index (κ3) is 3.64. The van der Waals surface area contributed by atoms with Crippen molar-refractivity contribution in [2.24, 2.45) is 0 Å². The third-order valence-corrected chi connectivity index (χ3v) is 3.42. The summed E-state index contributed by atoms with van der Waals surface area (Å²) >= 11 is 0. The molecule has 0 atom stereocenters. The fourth-order valence-electron chi connectivity index (χ4n) is 2.44. The highest BCUT2D eigenvalue weighted by Crippen LogP contribution is 2.22. The van der Waals surface area contributed by atoms with Crippen LogP contribution >= 0.6 is 0 Å². The highest BCUT2D eigenvalue weighted by Gasteiger charge is 2.15. The Morgan fingerprint density at radius 2 is 1.89 bits per heavy atom. The van der Waals surface area contributed by atoms with Crippen molar-refractivity contribution in [2.75, 3.05) is 18.4 Å². The van der Waals surface area contributed by atoms with E-state index in [0.29, 0.717) is 5.56 Å². The van der Waals surface area contributed by atoms with Crippen molar-refractivity contribution in [3.63, 3.8) is 0 Å². The maximum atomic E-state index is 11.5. The van der Waals surface area contributed by atoms with E-state index in [-0.39, 0.29) is 11.7 Å². The van der Waals surface area contributed by atoms with Gasteiger partial charge in [-0.1, -0.05) is 0 Å². The first kappa shape index (κ1) is 13.7. The summed E-state index contributed by atoms with van der Waals surface area (Å²) in [5.41, 5.74) is 2.53. The van der Waals surface area contributed by atoms with E-state index in [2.05, 4.69) is 10.2 Å². The van der Waals surface area contributed by atoms with Crippen LogP contribution in [-0.4, -0.2) is 29.7 Å². The lowest BCUT2D eigenvalue weighted by Gasteiger charge is -2.18. The average Bonchev–Trinajstić information content (AvgIpc) is 2.83. The monoisotopic (exact) mass is 260 g/mol. The van der Waals surface area contributed by atoms with Gasteiger partial charge < -0.3 is 5.32 Å². The maximum absolute atomic E-state index is 11.5. The summed E-state index contributed by atoms with van der Waals surface area (Å²) in [6, 6.07) is 5.48. The number of nitrogens with zero attached hydrogens (tertiary/aromatic N) is 1. The van der Waals surface area contributed by atoms with E-state index in [4.69, 9.17) is 0 Å². The van der Waals surface area contributed by atoms with Crippen LogP contribution in [0.15, 0.2) is 18.2 Å². The second-order valence-corrected chi connectivity index (χ2v) is 5.09. The highest BCUT2D eigenvalue weighted by molar-refractivity contribution is 5.96. The van der Waals surface area contributed by atoms with Crippen molar-refractivity contribution in [1.82, 2.24) is 4.90 Å². The first-order valence-corrected chi connectivity index (χ1v) is 6.70. The van der Waals surface area contributed by atoms with Crippen LogP contribution in [0.5, 0.6) is 0 Å². The van der Waals surface area contributed by atoms with Gasteiger partial charge in [0.2, 0.25) is 5.91 Å². The Labute approximate surface area is 113 Å². The number of likely N-dealkylation sites (tertiary alicyclic amines) is 1. The molecule has 1 aromatic carbocycles. The average molecular weight is 260 g/mol. The topological polar surface area (TPSA) is 49.4 Å². The van der Waals surface area contributed by atoms with E-state index in [1.807, 2.05) is 12.1 Å². The summed E-state index contributed by atoms with van der Waals surface area (Å²) < 4.78 is 0. The molecule has 0 unspecified atom stereocenters. The number of Topliss-reactive ketones (excluding diaryl/α,β-unsaturated/α-hetero) is 1. The van der Waals surface area contributed by atoms with Gasteiger partial charge in [0.05, 0.1) is 0 Å². The lowest BCUT2D eigenvalue weighted by Crippen LogP contribution is -2.20. The number of rotatable bonds is 4. The van der Waals surface area contributed by atoms with Crippen LogP contribution in [0.3, 0.4) is 0 Å². The van der Waals surface area contributed by atoms with Crippen molar-refractivity contribution >= 4 is 17.4 Å². The number of nitrogens with one attached hydrogen (secondary N) is 1. The molecule has 19 heavy (non-hydrogen) atoms. The third-order valence-electron chi connectivity index (χ3n) is 3.42. The Balaban J connectivity index is 2.25. The summed E-state index contributed by atoms with van der Waals surface area (Å²) in [7, 11) is 0. The molecule has 1 aromatic rings. The lowest BCUT2D eigenvalue weighted by molar-refractivity contribution is -0.114. The smallest absolute Gasteiger partial charge is 0.221 e. The number of ketones is 1.